The molecule has 0 radical (unpaired) electrons. The van der Waals surface area contributed by atoms with Crippen LogP contribution in [0.1, 0.15) is 59.6 Å². The lowest BCUT2D eigenvalue weighted by Gasteiger charge is -2.37. The van der Waals surface area contributed by atoms with Gasteiger partial charge in [-0.3, -0.25) is 9.78 Å². The summed E-state index contributed by atoms with van der Waals surface area (Å²) in [6.07, 6.45) is 6.23. The molecule has 1 atom stereocenters. The minimum atomic E-state index is -0.280. The Morgan fingerprint density at radius 3 is 2.78 bits per heavy atom. The van der Waals surface area contributed by atoms with E-state index >= 15 is 0 Å². The number of pyridine rings is 1. The Labute approximate surface area is 134 Å². The third kappa shape index (κ3) is 2.86. The Balaban J connectivity index is 1.55. The highest BCUT2D eigenvalue weighted by atomic mass is 16.3. The first-order valence-electron chi connectivity index (χ1n) is 8.05. The van der Waals surface area contributed by atoms with Gasteiger partial charge in [0.1, 0.15) is 5.76 Å². The molecule has 2 saturated carbocycles. The molecule has 2 fully saturated rings. The minimum absolute atomic E-state index is 0.195. The Hall–Kier alpha value is -2.21. The van der Waals surface area contributed by atoms with Gasteiger partial charge in [-0.05, 0) is 43.7 Å². The molecule has 2 N–H and O–H groups in total. The zero-order chi connectivity index (χ0) is 15.8. The van der Waals surface area contributed by atoms with Crippen LogP contribution in [0.2, 0.25) is 0 Å². The molecule has 6 nitrogen and oxygen atoms in total. The minimum Gasteiger partial charge on any atom is -0.447 e. The van der Waals surface area contributed by atoms with Gasteiger partial charge in [0.15, 0.2) is 12.1 Å². The van der Waals surface area contributed by atoms with Crippen LogP contribution in [0.5, 0.6) is 0 Å². The van der Waals surface area contributed by atoms with E-state index in [-0.39, 0.29) is 24.0 Å². The molecule has 2 aliphatic carbocycles. The van der Waals surface area contributed by atoms with Crippen LogP contribution in [-0.2, 0) is 0 Å². The fourth-order valence-corrected chi connectivity index (χ4v) is 3.17. The fraction of sp³-hybridized carbons (Fsp3) is 0.471. The predicted molar refractivity (Wildman–Crippen MR) is 81.7 cm³/mol. The van der Waals surface area contributed by atoms with Gasteiger partial charge in [0.05, 0.1) is 17.8 Å². The lowest BCUT2D eigenvalue weighted by molar-refractivity contribution is 0.0227. The lowest BCUT2D eigenvalue weighted by atomic mass is 9.76. The van der Waals surface area contributed by atoms with Crippen molar-refractivity contribution in [3.8, 4) is 0 Å². The van der Waals surface area contributed by atoms with Crippen molar-refractivity contribution in [3.63, 3.8) is 0 Å². The van der Waals surface area contributed by atoms with E-state index in [9.17, 15) is 9.90 Å². The number of aliphatic hydroxyl groups is 1. The van der Waals surface area contributed by atoms with Crippen LogP contribution < -0.4 is 5.32 Å². The highest BCUT2D eigenvalue weighted by molar-refractivity contribution is 5.93. The van der Waals surface area contributed by atoms with Crippen molar-refractivity contribution in [1.29, 1.82) is 0 Å². The molecule has 1 unspecified atom stereocenters. The molecule has 0 spiro atoms. The molecule has 2 aromatic heterocycles. The Morgan fingerprint density at radius 2 is 2.13 bits per heavy atom. The molecule has 2 aromatic rings. The van der Waals surface area contributed by atoms with Gasteiger partial charge in [0.25, 0.3) is 5.91 Å². The summed E-state index contributed by atoms with van der Waals surface area (Å²) < 4.78 is 5.39. The Morgan fingerprint density at radius 1 is 1.30 bits per heavy atom. The molecule has 4 rings (SSSR count). The van der Waals surface area contributed by atoms with Gasteiger partial charge in [0.2, 0.25) is 0 Å². The van der Waals surface area contributed by atoms with Crippen LogP contribution in [0.3, 0.4) is 0 Å². The zero-order valence-corrected chi connectivity index (χ0v) is 12.7. The van der Waals surface area contributed by atoms with Gasteiger partial charge in [-0.15, -0.1) is 0 Å². The first-order valence-corrected chi connectivity index (χ1v) is 8.05. The lowest BCUT2D eigenvalue weighted by Crippen LogP contribution is -2.42. The molecule has 2 aliphatic rings. The molecule has 0 bridgehead atoms. The van der Waals surface area contributed by atoms with E-state index in [0.717, 1.165) is 18.5 Å². The van der Waals surface area contributed by atoms with Gasteiger partial charge >= 0.3 is 0 Å². The summed E-state index contributed by atoms with van der Waals surface area (Å²) in [7, 11) is 0. The average molecular weight is 313 g/mol. The smallest absolute Gasteiger partial charge is 0.274 e. The van der Waals surface area contributed by atoms with Crippen molar-refractivity contribution >= 4 is 5.91 Å². The number of aliphatic hydroxyl groups excluding tert-OH is 1. The molecule has 0 aromatic carbocycles. The number of oxazole rings is 1. The first kappa shape index (κ1) is 14.4. The molecule has 0 saturated heterocycles. The Bertz CT molecular complexity index is 690. The first-order chi connectivity index (χ1) is 11.2. The fourth-order valence-electron chi connectivity index (χ4n) is 3.17. The van der Waals surface area contributed by atoms with Crippen molar-refractivity contribution < 1.29 is 14.3 Å². The molecular formula is C17H19N3O3. The van der Waals surface area contributed by atoms with Gasteiger partial charge in [-0.25, -0.2) is 4.98 Å². The van der Waals surface area contributed by atoms with E-state index in [0.29, 0.717) is 30.2 Å². The van der Waals surface area contributed by atoms with Crippen LogP contribution in [0.4, 0.5) is 0 Å². The highest BCUT2D eigenvalue weighted by Crippen LogP contribution is 2.42. The second-order valence-corrected chi connectivity index (χ2v) is 6.43. The van der Waals surface area contributed by atoms with Crippen molar-refractivity contribution in [2.75, 3.05) is 0 Å². The van der Waals surface area contributed by atoms with Crippen LogP contribution in [0.25, 0.3) is 0 Å². The molecule has 0 aliphatic heterocycles. The number of aromatic nitrogens is 2. The second-order valence-electron chi connectivity index (χ2n) is 6.43. The average Bonchev–Trinajstić information content (AvgIpc) is 3.27. The van der Waals surface area contributed by atoms with Crippen LogP contribution >= 0.6 is 0 Å². The van der Waals surface area contributed by atoms with E-state index in [1.54, 1.807) is 6.20 Å². The van der Waals surface area contributed by atoms with E-state index in [2.05, 4.69) is 15.3 Å². The van der Waals surface area contributed by atoms with Gasteiger partial charge in [0, 0.05) is 12.1 Å². The third-order valence-electron chi connectivity index (χ3n) is 4.67. The maximum absolute atomic E-state index is 12.6. The van der Waals surface area contributed by atoms with Crippen molar-refractivity contribution in [3.05, 3.63) is 47.9 Å². The topological polar surface area (TPSA) is 88.2 Å². The SMILES string of the molecule is O=C(NC(c1ccccn1)C1CC(O)C1)c1ncoc1C1CC1. The summed E-state index contributed by atoms with van der Waals surface area (Å²) in [4.78, 5) is 21.1. The monoisotopic (exact) mass is 313 g/mol. The summed E-state index contributed by atoms with van der Waals surface area (Å²) in [5, 5.41) is 12.6. The zero-order valence-electron chi connectivity index (χ0n) is 12.7. The number of nitrogens with zero attached hydrogens (tertiary/aromatic N) is 2. The summed E-state index contributed by atoms with van der Waals surface area (Å²) >= 11 is 0. The highest BCUT2D eigenvalue weighted by Gasteiger charge is 2.38. The van der Waals surface area contributed by atoms with Crippen molar-refractivity contribution in [2.45, 2.75) is 43.7 Å². The number of amides is 1. The largest absolute Gasteiger partial charge is 0.447 e. The van der Waals surface area contributed by atoms with Gasteiger partial charge in [-0.1, -0.05) is 6.07 Å². The molecule has 2 heterocycles. The number of hydrogen-bond donors (Lipinski definition) is 2. The van der Waals surface area contributed by atoms with Crippen molar-refractivity contribution in [2.24, 2.45) is 5.92 Å². The summed E-state index contributed by atoms with van der Waals surface area (Å²) in [6.45, 7) is 0. The third-order valence-corrected chi connectivity index (χ3v) is 4.67. The summed E-state index contributed by atoms with van der Waals surface area (Å²) in [5.41, 5.74) is 1.20. The van der Waals surface area contributed by atoms with Crippen LogP contribution in [0, 0.1) is 5.92 Å². The van der Waals surface area contributed by atoms with Crippen molar-refractivity contribution in [1.82, 2.24) is 15.3 Å². The Kier molecular flexibility index (Phi) is 3.61. The number of carbonyl (C=O) groups is 1. The number of nitrogens with one attached hydrogen (secondary N) is 1. The summed E-state index contributed by atoms with van der Waals surface area (Å²) in [5.74, 6) is 0.991. The van der Waals surface area contributed by atoms with E-state index in [1.807, 2.05) is 18.2 Å². The number of carbonyl (C=O) groups excluding carboxylic acids is 1. The molecule has 1 amide bonds. The quantitative estimate of drug-likeness (QED) is 0.883. The number of rotatable bonds is 5. The maximum atomic E-state index is 12.6. The molecule has 6 heteroatoms. The van der Waals surface area contributed by atoms with E-state index < -0.39 is 0 Å². The standard InChI is InChI=1S/C17H19N3O3/c21-12-7-11(8-12)14(13-3-1-2-6-18-13)20-17(22)15-16(10-4-5-10)23-9-19-15/h1-3,6,9-12,14,21H,4-5,7-8H2,(H,20,22). The maximum Gasteiger partial charge on any atom is 0.274 e. The van der Waals surface area contributed by atoms with Crippen LogP contribution in [0.15, 0.2) is 35.2 Å². The molecule has 23 heavy (non-hydrogen) atoms. The second kappa shape index (κ2) is 5.77. The number of hydrogen-bond acceptors (Lipinski definition) is 5. The van der Waals surface area contributed by atoms with Gasteiger partial charge in [-0.2, -0.15) is 0 Å². The van der Waals surface area contributed by atoms with E-state index in [4.69, 9.17) is 4.42 Å². The summed E-state index contributed by atoms with van der Waals surface area (Å²) in [6, 6.07) is 5.44. The van der Waals surface area contributed by atoms with Gasteiger partial charge < -0.3 is 14.8 Å². The van der Waals surface area contributed by atoms with E-state index in [1.165, 1.54) is 6.39 Å². The molecule has 120 valence electrons. The molecular weight excluding hydrogens is 294 g/mol. The predicted octanol–water partition coefficient (Wildman–Crippen LogP) is 2.19. The normalized spacial score (nSPS) is 24.7. The van der Waals surface area contributed by atoms with Crippen LogP contribution in [-0.4, -0.2) is 27.1 Å².